The molecule has 0 radical (unpaired) electrons. The van der Waals surface area contributed by atoms with Gasteiger partial charge in [0.25, 0.3) is 0 Å². The van der Waals surface area contributed by atoms with Crippen LogP contribution in [0.2, 0.25) is 0 Å². The SMILES string of the molecule is Cl.c1ccc2c(CN3CCC4(CCNCC4)C3)csc2c1. The van der Waals surface area contributed by atoms with E-state index in [9.17, 15) is 0 Å². The molecule has 1 aromatic heterocycles. The number of rotatable bonds is 2. The fraction of sp³-hybridized carbons (Fsp3) is 0.529. The second kappa shape index (κ2) is 6.25. The van der Waals surface area contributed by atoms with Crippen molar-refractivity contribution >= 4 is 33.8 Å². The van der Waals surface area contributed by atoms with Crippen LogP contribution in [0.5, 0.6) is 0 Å². The second-order valence-corrected chi connectivity index (χ2v) is 7.38. The molecule has 0 aliphatic carbocycles. The Balaban J connectivity index is 0.00000132. The lowest BCUT2D eigenvalue weighted by atomic mass is 9.78. The normalized spacial score (nSPS) is 21.7. The monoisotopic (exact) mass is 322 g/mol. The molecule has 2 nitrogen and oxygen atoms in total. The van der Waals surface area contributed by atoms with Crippen LogP contribution in [0.15, 0.2) is 29.6 Å². The molecule has 0 unspecified atom stereocenters. The Bertz CT molecular complexity index is 604. The minimum atomic E-state index is 0. The lowest BCUT2D eigenvalue weighted by molar-refractivity contribution is 0.194. The minimum Gasteiger partial charge on any atom is -0.317 e. The Kier molecular flexibility index (Phi) is 4.55. The van der Waals surface area contributed by atoms with Crippen molar-refractivity contribution in [2.45, 2.75) is 25.8 Å². The Labute approximate surface area is 136 Å². The Morgan fingerprint density at radius 3 is 2.81 bits per heavy atom. The van der Waals surface area contributed by atoms with Gasteiger partial charge in [-0.2, -0.15) is 0 Å². The zero-order valence-corrected chi connectivity index (χ0v) is 13.9. The molecule has 1 spiro atoms. The van der Waals surface area contributed by atoms with Crippen LogP contribution in [0.25, 0.3) is 10.1 Å². The third-order valence-corrected chi connectivity index (χ3v) is 6.15. The van der Waals surface area contributed by atoms with Gasteiger partial charge in [0, 0.05) is 17.8 Å². The maximum absolute atomic E-state index is 3.50. The van der Waals surface area contributed by atoms with Gasteiger partial charge in [-0.1, -0.05) is 18.2 Å². The van der Waals surface area contributed by atoms with Crippen LogP contribution in [-0.2, 0) is 6.54 Å². The third kappa shape index (κ3) is 2.98. The zero-order valence-electron chi connectivity index (χ0n) is 12.3. The van der Waals surface area contributed by atoms with Crippen LogP contribution in [-0.4, -0.2) is 31.1 Å². The molecule has 2 aromatic rings. The quantitative estimate of drug-likeness (QED) is 0.902. The van der Waals surface area contributed by atoms with E-state index in [2.05, 4.69) is 39.9 Å². The number of hydrogen-bond acceptors (Lipinski definition) is 3. The van der Waals surface area contributed by atoms with Crippen LogP contribution < -0.4 is 5.32 Å². The van der Waals surface area contributed by atoms with E-state index in [0.717, 1.165) is 6.54 Å². The predicted molar refractivity (Wildman–Crippen MR) is 93.5 cm³/mol. The largest absolute Gasteiger partial charge is 0.317 e. The summed E-state index contributed by atoms with van der Waals surface area (Å²) in [6.45, 7) is 6.16. The van der Waals surface area contributed by atoms with E-state index in [1.807, 2.05) is 11.3 Å². The van der Waals surface area contributed by atoms with Gasteiger partial charge in [0.1, 0.15) is 0 Å². The van der Waals surface area contributed by atoms with Gasteiger partial charge in [0.2, 0.25) is 0 Å². The van der Waals surface area contributed by atoms with Crippen molar-refractivity contribution in [3.05, 3.63) is 35.2 Å². The van der Waals surface area contributed by atoms with Crippen LogP contribution >= 0.6 is 23.7 Å². The molecule has 2 aliphatic rings. The van der Waals surface area contributed by atoms with Gasteiger partial charge in [-0.15, -0.1) is 23.7 Å². The van der Waals surface area contributed by atoms with Crippen molar-refractivity contribution < 1.29 is 0 Å². The highest BCUT2D eigenvalue weighted by Gasteiger charge is 2.38. The fourth-order valence-corrected chi connectivity index (χ4v) is 4.88. The molecule has 3 heterocycles. The highest BCUT2D eigenvalue weighted by atomic mass is 35.5. The molecule has 2 saturated heterocycles. The summed E-state index contributed by atoms with van der Waals surface area (Å²) in [5, 5.41) is 7.32. The summed E-state index contributed by atoms with van der Waals surface area (Å²) in [6.07, 6.45) is 4.14. The summed E-state index contributed by atoms with van der Waals surface area (Å²) >= 11 is 1.89. The molecular weight excluding hydrogens is 300 g/mol. The highest BCUT2D eigenvalue weighted by Crippen LogP contribution is 2.39. The molecule has 0 saturated carbocycles. The van der Waals surface area contributed by atoms with E-state index in [4.69, 9.17) is 0 Å². The first kappa shape index (κ1) is 15.3. The summed E-state index contributed by atoms with van der Waals surface area (Å²) in [4.78, 5) is 2.68. The predicted octanol–water partition coefficient (Wildman–Crippen LogP) is 3.90. The second-order valence-electron chi connectivity index (χ2n) is 6.47. The van der Waals surface area contributed by atoms with Gasteiger partial charge >= 0.3 is 0 Å². The smallest absolute Gasteiger partial charge is 0.0346 e. The molecular formula is C17H23ClN2S. The van der Waals surface area contributed by atoms with E-state index in [1.165, 1.54) is 61.1 Å². The van der Waals surface area contributed by atoms with E-state index in [0.29, 0.717) is 5.41 Å². The Morgan fingerprint density at radius 2 is 1.95 bits per heavy atom. The average Bonchev–Trinajstić information content (AvgIpc) is 3.06. The van der Waals surface area contributed by atoms with Crippen molar-refractivity contribution in [3.63, 3.8) is 0 Å². The molecule has 114 valence electrons. The molecule has 0 bridgehead atoms. The number of nitrogens with one attached hydrogen (secondary N) is 1. The summed E-state index contributed by atoms with van der Waals surface area (Å²) in [5.41, 5.74) is 2.15. The number of halogens is 1. The lowest BCUT2D eigenvalue weighted by Crippen LogP contribution is -2.38. The first-order valence-corrected chi connectivity index (χ1v) is 8.61. The van der Waals surface area contributed by atoms with Crippen LogP contribution in [0.1, 0.15) is 24.8 Å². The highest BCUT2D eigenvalue weighted by molar-refractivity contribution is 7.17. The van der Waals surface area contributed by atoms with Gasteiger partial charge in [0.15, 0.2) is 0 Å². The van der Waals surface area contributed by atoms with Crippen molar-refractivity contribution in [1.82, 2.24) is 10.2 Å². The molecule has 21 heavy (non-hydrogen) atoms. The summed E-state index contributed by atoms with van der Waals surface area (Å²) in [5.74, 6) is 0. The fourth-order valence-electron chi connectivity index (χ4n) is 3.92. The number of hydrogen-bond donors (Lipinski definition) is 1. The minimum absolute atomic E-state index is 0. The standard InChI is InChI=1S/C17H22N2S.ClH/c1-2-4-16-15(3-1)14(12-20-16)11-19-10-7-17(13-19)5-8-18-9-6-17;/h1-4,12,18H,5-11,13H2;1H. The lowest BCUT2D eigenvalue weighted by Gasteiger charge is -2.33. The summed E-state index contributed by atoms with van der Waals surface area (Å²) < 4.78 is 1.43. The van der Waals surface area contributed by atoms with E-state index in [-0.39, 0.29) is 12.4 Å². The molecule has 1 N–H and O–H groups in total. The molecule has 2 aliphatic heterocycles. The van der Waals surface area contributed by atoms with Crippen LogP contribution in [0.4, 0.5) is 0 Å². The van der Waals surface area contributed by atoms with Gasteiger partial charge < -0.3 is 5.32 Å². The summed E-state index contributed by atoms with van der Waals surface area (Å²) in [6, 6.07) is 8.82. The molecule has 2 fully saturated rings. The first-order valence-electron chi connectivity index (χ1n) is 7.73. The first-order chi connectivity index (χ1) is 9.85. The van der Waals surface area contributed by atoms with E-state index in [1.54, 1.807) is 0 Å². The number of piperidine rings is 1. The van der Waals surface area contributed by atoms with E-state index < -0.39 is 0 Å². The average molecular weight is 323 g/mol. The topological polar surface area (TPSA) is 15.3 Å². The molecule has 0 amide bonds. The molecule has 4 heteroatoms. The van der Waals surface area contributed by atoms with Gasteiger partial charge in [0.05, 0.1) is 0 Å². The van der Waals surface area contributed by atoms with Gasteiger partial charge in [-0.3, -0.25) is 4.90 Å². The molecule has 1 aromatic carbocycles. The third-order valence-electron chi connectivity index (χ3n) is 5.14. The van der Waals surface area contributed by atoms with Crippen molar-refractivity contribution in [3.8, 4) is 0 Å². The Hall–Kier alpha value is -0.610. The van der Waals surface area contributed by atoms with Gasteiger partial charge in [-0.25, -0.2) is 0 Å². The maximum atomic E-state index is 3.50. The van der Waals surface area contributed by atoms with Crippen LogP contribution in [0, 0.1) is 5.41 Å². The van der Waals surface area contributed by atoms with Crippen molar-refractivity contribution in [2.75, 3.05) is 26.2 Å². The van der Waals surface area contributed by atoms with Crippen molar-refractivity contribution in [2.24, 2.45) is 5.41 Å². The Morgan fingerprint density at radius 1 is 1.14 bits per heavy atom. The van der Waals surface area contributed by atoms with Crippen molar-refractivity contribution in [1.29, 1.82) is 0 Å². The molecule has 0 atom stereocenters. The molecule has 4 rings (SSSR count). The number of thiophene rings is 1. The summed E-state index contributed by atoms with van der Waals surface area (Å²) in [7, 11) is 0. The number of benzene rings is 1. The van der Waals surface area contributed by atoms with Crippen LogP contribution in [0.3, 0.4) is 0 Å². The van der Waals surface area contributed by atoms with E-state index >= 15 is 0 Å². The number of fused-ring (bicyclic) bond motifs is 1. The number of likely N-dealkylation sites (tertiary alicyclic amines) is 1. The number of nitrogens with zero attached hydrogens (tertiary/aromatic N) is 1. The zero-order chi connectivity index (χ0) is 13.4. The van der Waals surface area contributed by atoms with Gasteiger partial charge in [-0.05, 0) is 66.7 Å². The maximum Gasteiger partial charge on any atom is 0.0346 e.